The van der Waals surface area contributed by atoms with Gasteiger partial charge in [-0.2, -0.15) is 0 Å². The molecular formula is C20H32N4O. The number of para-hydroxylation sites is 1. The molecule has 1 aliphatic heterocycles. The van der Waals surface area contributed by atoms with Crippen molar-refractivity contribution in [2.45, 2.75) is 51.1 Å². The number of aryl methyl sites for hydroxylation is 1. The molecule has 3 rings (SSSR count). The van der Waals surface area contributed by atoms with Crippen LogP contribution in [0, 0.1) is 6.92 Å². The van der Waals surface area contributed by atoms with Gasteiger partial charge in [0.05, 0.1) is 6.61 Å². The average molecular weight is 345 g/mol. The molecule has 138 valence electrons. The fraction of sp³-hybridized carbons (Fsp3) is 0.650. The number of benzene rings is 1. The minimum absolute atomic E-state index is 0.546. The quantitative estimate of drug-likeness (QED) is 0.453. The second-order valence-corrected chi connectivity index (χ2v) is 7.15. The van der Waals surface area contributed by atoms with Crippen LogP contribution in [-0.4, -0.2) is 56.2 Å². The van der Waals surface area contributed by atoms with E-state index in [1.165, 1.54) is 44.3 Å². The first-order chi connectivity index (χ1) is 12.3. The Morgan fingerprint density at radius 1 is 1.20 bits per heavy atom. The summed E-state index contributed by atoms with van der Waals surface area (Å²) in [5.41, 5.74) is 1.19. The Kier molecular flexibility index (Phi) is 6.56. The Labute approximate surface area is 151 Å². The minimum Gasteiger partial charge on any atom is -0.493 e. The van der Waals surface area contributed by atoms with E-state index in [2.05, 4.69) is 33.5 Å². The number of nitrogens with zero attached hydrogens (tertiary/aromatic N) is 2. The molecule has 0 atom stereocenters. The second kappa shape index (κ2) is 9.09. The van der Waals surface area contributed by atoms with Gasteiger partial charge in [0.25, 0.3) is 0 Å². The number of likely N-dealkylation sites (tertiary alicyclic amines) is 1. The van der Waals surface area contributed by atoms with E-state index in [0.29, 0.717) is 12.6 Å². The summed E-state index contributed by atoms with van der Waals surface area (Å²) < 4.78 is 5.84. The summed E-state index contributed by atoms with van der Waals surface area (Å²) in [6.07, 6.45) is 6.20. The Hall–Kier alpha value is -1.75. The van der Waals surface area contributed by atoms with Crippen molar-refractivity contribution in [1.82, 2.24) is 15.5 Å². The average Bonchev–Trinajstić information content (AvgIpc) is 3.47. The molecule has 0 aromatic heterocycles. The molecule has 1 aromatic rings. The Morgan fingerprint density at radius 3 is 2.64 bits per heavy atom. The number of guanidine groups is 1. The highest BCUT2D eigenvalue weighted by atomic mass is 16.5. The predicted octanol–water partition coefficient (Wildman–Crippen LogP) is 2.56. The maximum absolute atomic E-state index is 5.84. The van der Waals surface area contributed by atoms with Crippen LogP contribution in [0.15, 0.2) is 29.3 Å². The highest BCUT2D eigenvalue weighted by molar-refractivity contribution is 5.79. The fourth-order valence-corrected chi connectivity index (χ4v) is 3.42. The number of piperidine rings is 1. The monoisotopic (exact) mass is 344 g/mol. The van der Waals surface area contributed by atoms with Crippen molar-refractivity contribution < 1.29 is 4.74 Å². The van der Waals surface area contributed by atoms with Gasteiger partial charge in [0.2, 0.25) is 0 Å². The molecule has 0 radical (unpaired) electrons. The molecule has 1 saturated heterocycles. The molecule has 25 heavy (non-hydrogen) atoms. The summed E-state index contributed by atoms with van der Waals surface area (Å²) in [5, 5.41) is 6.98. The van der Waals surface area contributed by atoms with Gasteiger partial charge in [-0.05, 0) is 50.7 Å². The topological polar surface area (TPSA) is 48.9 Å². The molecule has 1 heterocycles. The number of hydrogen-bond acceptors (Lipinski definition) is 3. The van der Waals surface area contributed by atoms with Crippen LogP contribution in [0.25, 0.3) is 0 Å². The molecule has 1 saturated carbocycles. The van der Waals surface area contributed by atoms with Crippen molar-refractivity contribution in [3.8, 4) is 5.75 Å². The summed E-state index contributed by atoms with van der Waals surface area (Å²) in [5.74, 6) is 1.90. The SMILES string of the molecule is CN=C(NCCCOc1ccccc1C)NC1CCN(C2CC2)CC1. The third kappa shape index (κ3) is 5.63. The van der Waals surface area contributed by atoms with Gasteiger partial charge in [-0.3, -0.25) is 4.99 Å². The summed E-state index contributed by atoms with van der Waals surface area (Å²) >= 11 is 0. The van der Waals surface area contributed by atoms with Gasteiger partial charge in [0.1, 0.15) is 5.75 Å². The normalized spacial score (nSPS) is 19.7. The molecule has 1 aliphatic carbocycles. The zero-order valence-corrected chi connectivity index (χ0v) is 15.6. The highest BCUT2D eigenvalue weighted by Crippen LogP contribution is 2.29. The number of rotatable bonds is 7. The van der Waals surface area contributed by atoms with Crippen molar-refractivity contribution in [1.29, 1.82) is 0 Å². The van der Waals surface area contributed by atoms with Crippen LogP contribution < -0.4 is 15.4 Å². The van der Waals surface area contributed by atoms with E-state index >= 15 is 0 Å². The van der Waals surface area contributed by atoms with E-state index in [-0.39, 0.29) is 0 Å². The van der Waals surface area contributed by atoms with Crippen LogP contribution in [0.4, 0.5) is 0 Å². The predicted molar refractivity (Wildman–Crippen MR) is 103 cm³/mol. The summed E-state index contributed by atoms with van der Waals surface area (Å²) in [7, 11) is 1.85. The highest BCUT2D eigenvalue weighted by Gasteiger charge is 2.31. The molecule has 2 N–H and O–H groups in total. The molecule has 0 amide bonds. The maximum atomic E-state index is 5.84. The standard InChI is InChI=1S/C20H32N4O/c1-16-6-3-4-7-19(16)25-15-5-12-22-20(21-2)23-17-10-13-24(14-11-17)18-8-9-18/h3-4,6-7,17-18H,5,8-15H2,1-2H3,(H2,21,22,23). The van der Waals surface area contributed by atoms with E-state index in [4.69, 9.17) is 4.74 Å². The van der Waals surface area contributed by atoms with Crippen molar-refractivity contribution >= 4 is 5.96 Å². The van der Waals surface area contributed by atoms with Crippen LogP contribution in [-0.2, 0) is 0 Å². The van der Waals surface area contributed by atoms with Gasteiger partial charge in [0, 0.05) is 38.8 Å². The summed E-state index contributed by atoms with van der Waals surface area (Å²) in [6.45, 7) is 6.11. The molecule has 0 spiro atoms. The molecule has 1 aromatic carbocycles. The van der Waals surface area contributed by atoms with Crippen LogP contribution in [0.2, 0.25) is 0 Å². The molecule has 0 bridgehead atoms. The number of aliphatic imine (C=N–C) groups is 1. The molecule has 5 nitrogen and oxygen atoms in total. The molecule has 2 fully saturated rings. The number of ether oxygens (including phenoxy) is 1. The third-order valence-electron chi connectivity index (χ3n) is 5.12. The molecule has 0 unspecified atom stereocenters. The smallest absolute Gasteiger partial charge is 0.191 e. The zero-order valence-electron chi connectivity index (χ0n) is 15.6. The Balaban J connectivity index is 1.29. The summed E-state index contributed by atoms with van der Waals surface area (Å²) in [4.78, 5) is 7.01. The van der Waals surface area contributed by atoms with Crippen molar-refractivity contribution in [3.05, 3.63) is 29.8 Å². The zero-order chi connectivity index (χ0) is 17.5. The van der Waals surface area contributed by atoms with Crippen LogP contribution in [0.1, 0.15) is 37.7 Å². The first kappa shape index (κ1) is 18.1. The van der Waals surface area contributed by atoms with E-state index in [1.807, 2.05) is 25.2 Å². The lowest BCUT2D eigenvalue weighted by atomic mass is 10.1. The molecule has 2 aliphatic rings. The number of hydrogen-bond donors (Lipinski definition) is 2. The Bertz CT molecular complexity index is 563. The van der Waals surface area contributed by atoms with E-state index in [0.717, 1.165) is 30.7 Å². The van der Waals surface area contributed by atoms with Crippen molar-refractivity contribution in [2.75, 3.05) is 33.3 Å². The first-order valence-corrected chi connectivity index (χ1v) is 9.66. The first-order valence-electron chi connectivity index (χ1n) is 9.66. The third-order valence-corrected chi connectivity index (χ3v) is 5.12. The summed E-state index contributed by atoms with van der Waals surface area (Å²) in [6, 6.07) is 9.59. The lowest BCUT2D eigenvalue weighted by Crippen LogP contribution is -2.49. The molecular weight excluding hydrogens is 312 g/mol. The van der Waals surface area contributed by atoms with Crippen molar-refractivity contribution in [3.63, 3.8) is 0 Å². The van der Waals surface area contributed by atoms with E-state index in [1.54, 1.807) is 0 Å². The van der Waals surface area contributed by atoms with Crippen LogP contribution in [0.3, 0.4) is 0 Å². The lowest BCUT2D eigenvalue weighted by Gasteiger charge is -2.33. The van der Waals surface area contributed by atoms with Gasteiger partial charge < -0.3 is 20.3 Å². The number of nitrogens with one attached hydrogen (secondary N) is 2. The largest absolute Gasteiger partial charge is 0.493 e. The van der Waals surface area contributed by atoms with Gasteiger partial charge in [-0.1, -0.05) is 18.2 Å². The van der Waals surface area contributed by atoms with Gasteiger partial charge in [-0.15, -0.1) is 0 Å². The van der Waals surface area contributed by atoms with Crippen LogP contribution >= 0.6 is 0 Å². The van der Waals surface area contributed by atoms with Crippen molar-refractivity contribution in [2.24, 2.45) is 4.99 Å². The lowest BCUT2D eigenvalue weighted by molar-refractivity contribution is 0.197. The second-order valence-electron chi connectivity index (χ2n) is 7.15. The van der Waals surface area contributed by atoms with Crippen LogP contribution in [0.5, 0.6) is 5.75 Å². The minimum atomic E-state index is 0.546. The van der Waals surface area contributed by atoms with Gasteiger partial charge in [-0.25, -0.2) is 0 Å². The van der Waals surface area contributed by atoms with Gasteiger partial charge >= 0.3 is 0 Å². The fourth-order valence-electron chi connectivity index (χ4n) is 3.42. The molecule has 5 heteroatoms. The van der Waals surface area contributed by atoms with Gasteiger partial charge in [0.15, 0.2) is 5.96 Å². The van der Waals surface area contributed by atoms with E-state index in [9.17, 15) is 0 Å². The van der Waals surface area contributed by atoms with E-state index < -0.39 is 0 Å². The Morgan fingerprint density at radius 2 is 1.96 bits per heavy atom. The maximum Gasteiger partial charge on any atom is 0.191 e.